The Balaban J connectivity index is 2.50. The van der Waals surface area contributed by atoms with Gasteiger partial charge in [0.25, 0.3) is 0 Å². The lowest BCUT2D eigenvalue weighted by molar-refractivity contribution is 0.628. The number of anilines is 1. The van der Waals surface area contributed by atoms with Crippen molar-refractivity contribution in [1.82, 2.24) is 9.55 Å². The van der Waals surface area contributed by atoms with Gasteiger partial charge in [-0.05, 0) is 13.3 Å². The highest BCUT2D eigenvalue weighted by Crippen LogP contribution is 2.23. The van der Waals surface area contributed by atoms with Crippen molar-refractivity contribution < 1.29 is 0 Å². The van der Waals surface area contributed by atoms with E-state index in [9.17, 15) is 0 Å². The summed E-state index contributed by atoms with van der Waals surface area (Å²) >= 11 is 5.99. The Morgan fingerprint density at radius 2 is 2.45 bits per heavy atom. The molecule has 0 aliphatic carbocycles. The molecule has 4 heteroatoms. The normalized spacial score (nSPS) is 15.8. The second kappa shape index (κ2) is 2.41. The van der Waals surface area contributed by atoms with E-state index in [0.717, 1.165) is 36.3 Å². The summed E-state index contributed by atoms with van der Waals surface area (Å²) in [6.07, 6.45) is 1.13. The maximum atomic E-state index is 5.99. The minimum absolute atomic E-state index is 0.771. The molecule has 0 amide bonds. The van der Waals surface area contributed by atoms with Crippen molar-refractivity contribution in [3.05, 3.63) is 10.8 Å². The molecule has 11 heavy (non-hydrogen) atoms. The molecule has 0 aromatic carbocycles. The second-order valence-corrected chi connectivity index (χ2v) is 3.10. The summed E-state index contributed by atoms with van der Waals surface area (Å²) in [5.41, 5.74) is 0.913. The van der Waals surface area contributed by atoms with Crippen LogP contribution in [0.5, 0.6) is 0 Å². The van der Waals surface area contributed by atoms with Crippen LogP contribution >= 0.6 is 11.6 Å². The number of nitrogens with zero attached hydrogens (tertiary/aromatic N) is 2. The van der Waals surface area contributed by atoms with E-state index in [1.807, 2.05) is 11.5 Å². The molecule has 60 valence electrons. The number of halogens is 1. The first-order chi connectivity index (χ1) is 5.29. The van der Waals surface area contributed by atoms with Gasteiger partial charge in [0.05, 0.1) is 5.69 Å². The predicted molar refractivity (Wildman–Crippen MR) is 45.1 cm³/mol. The third kappa shape index (κ3) is 0.997. The Kier molecular flexibility index (Phi) is 1.53. The van der Waals surface area contributed by atoms with Gasteiger partial charge in [-0.1, -0.05) is 11.6 Å². The standard InChI is InChI=1S/C7H10ClN3/c1-5-6(8)11-4-2-3-9-7(11)10-5/h2-4H2,1H3,(H,9,10). The van der Waals surface area contributed by atoms with Crippen molar-refractivity contribution >= 4 is 17.5 Å². The van der Waals surface area contributed by atoms with E-state index >= 15 is 0 Å². The minimum Gasteiger partial charge on any atom is -0.356 e. The molecule has 0 saturated heterocycles. The Hall–Kier alpha value is -0.700. The lowest BCUT2D eigenvalue weighted by Crippen LogP contribution is -2.17. The molecule has 1 aliphatic rings. The molecular weight excluding hydrogens is 162 g/mol. The number of nitrogens with one attached hydrogen (secondary N) is 1. The summed E-state index contributed by atoms with van der Waals surface area (Å²) in [7, 11) is 0. The van der Waals surface area contributed by atoms with Crippen molar-refractivity contribution in [3.8, 4) is 0 Å². The predicted octanol–water partition coefficient (Wildman–Crippen LogP) is 1.66. The van der Waals surface area contributed by atoms with Crippen LogP contribution in [-0.4, -0.2) is 16.1 Å². The van der Waals surface area contributed by atoms with Crippen LogP contribution < -0.4 is 5.32 Å². The first-order valence-electron chi connectivity index (χ1n) is 3.75. The molecule has 0 fully saturated rings. The zero-order valence-electron chi connectivity index (χ0n) is 6.39. The van der Waals surface area contributed by atoms with Crippen LogP contribution in [0.2, 0.25) is 5.15 Å². The number of fused-ring (bicyclic) bond motifs is 1. The molecule has 1 N–H and O–H groups in total. The lowest BCUT2D eigenvalue weighted by atomic mass is 10.4. The Morgan fingerprint density at radius 3 is 3.18 bits per heavy atom. The van der Waals surface area contributed by atoms with Crippen molar-refractivity contribution in [2.45, 2.75) is 19.9 Å². The average Bonchev–Trinajstić information content (AvgIpc) is 2.30. The maximum Gasteiger partial charge on any atom is 0.204 e. The van der Waals surface area contributed by atoms with Gasteiger partial charge >= 0.3 is 0 Å². The van der Waals surface area contributed by atoms with Gasteiger partial charge in [-0.25, -0.2) is 4.98 Å². The fourth-order valence-corrected chi connectivity index (χ4v) is 1.54. The number of hydrogen-bond acceptors (Lipinski definition) is 2. The number of hydrogen-bond donors (Lipinski definition) is 1. The van der Waals surface area contributed by atoms with Gasteiger partial charge in [0.1, 0.15) is 5.15 Å². The van der Waals surface area contributed by atoms with Gasteiger partial charge in [0.15, 0.2) is 0 Å². The number of aryl methyl sites for hydroxylation is 1. The fraction of sp³-hybridized carbons (Fsp3) is 0.571. The van der Waals surface area contributed by atoms with Crippen molar-refractivity contribution in [2.75, 3.05) is 11.9 Å². The zero-order chi connectivity index (χ0) is 7.84. The van der Waals surface area contributed by atoms with Crippen molar-refractivity contribution in [2.24, 2.45) is 0 Å². The zero-order valence-corrected chi connectivity index (χ0v) is 7.15. The van der Waals surface area contributed by atoms with Crippen LogP contribution in [0, 0.1) is 6.92 Å². The van der Waals surface area contributed by atoms with Crippen LogP contribution in [0.3, 0.4) is 0 Å². The van der Waals surface area contributed by atoms with E-state index in [1.54, 1.807) is 0 Å². The molecule has 1 aromatic rings. The largest absolute Gasteiger partial charge is 0.356 e. The summed E-state index contributed by atoms with van der Waals surface area (Å²) in [5.74, 6) is 0.916. The SMILES string of the molecule is Cc1nc2n(c1Cl)CCCN2. The van der Waals surface area contributed by atoms with Crippen LogP contribution in [0.15, 0.2) is 0 Å². The summed E-state index contributed by atoms with van der Waals surface area (Å²) in [6, 6.07) is 0. The quantitative estimate of drug-likeness (QED) is 0.644. The molecule has 0 spiro atoms. The highest BCUT2D eigenvalue weighted by Gasteiger charge is 2.14. The van der Waals surface area contributed by atoms with Gasteiger partial charge in [-0.2, -0.15) is 0 Å². The average molecular weight is 172 g/mol. The third-order valence-electron chi connectivity index (χ3n) is 1.91. The van der Waals surface area contributed by atoms with E-state index in [-0.39, 0.29) is 0 Å². The number of aromatic nitrogens is 2. The molecule has 0 atom stereocenters. The monoisotopic (exact) mass is 171 g/mol. The minimum atomic E-state index is 0.771. The van der Waals surface area contributed by atoms with Crippen LogP contribution in [0.25, 0.3) is 0 Å². The van der Waals surface area contributed by atoms with Crippen molar-refractivity contribution in [1.29, 1.82) is 0 Å². The highest BCUT2D eigenvalue weighted by molar-refractivity contribution is 6.30. The molecule has 3 nitrogen and oxygen atoms in total. The first kappa shape index (κ1) is 6.98. The molecule has 2 heterocycles. The van der Waals surface area contributed by atoms with Gasteiger partial charge in [0, 0.05) is 13.1 Å². The van der Waals surface area contributed by atoms with Gasteiger partial charge in [0.2, 0.25) is 5.95 Å². The third-order valence-corrected chi connectivity index (χ3v) is 2.38. The molecule has 0 radical (unpaired) electrons. The Bertz CT molecular complexity index is 279. The molecule has 2 rings (SSSR count). The van der Waals surface area contributed by atoms with Gasteiger partial charge < -0.3 is 9.88 Å². The Morgan fingerprint density at radius 1 is 1.64 bits per heavy atom. The maximum absolute atomic E-state index is 5.99. The molecule has 1 aliphatic heterocycles. The molecule has 0 bridgehead atoms. The number of rotatable bonds is 0. The van der Waals surface area contributed by atoms with Crippen LogP contribution in [-0.2, 0) is 6.54 Å². The molecular formula is C7H10ClN3. The molecule has 1 aromatic heterocycles. The van der Waals surface area contributed by atoms with Crippen LogP contribution in [0.1, 0.15) is 12.1 Å². The van der Waals surface area contributed by atoms with Gasteiger partial charge in [-0.3, -0.25) is 0 Å². The summed E-state index contributed by atoms with van der Waals surface area (Å²) in [6.45, 7) is 3.92. The summed E-state index contributed by atoms with van der Waals surface area (Å²) in [4.78, 5) is 4.27. The Labute approximate surface area is 70.4 Å². The second-order valence-electron chi connectivity index (χ2n) is 2.74. The highest BCUT2D eigenvalue weighted by atomic mass is 35.5. The lowest BCUT2D eigenvalue weighted by Gasteiger charge is -2.15. The van der Waals surface area contributed by atoms with Crippen molar-refractivity contribution in [3.63, 3.8) is 0 Å². The summed E-state index contributed by atoms with van der Waals surface area (Å²) < 4.78 is 2.01. The topological polar surface area (TPSA) is 29.9 Å². The van der Waals surface area contributed by atoms with E-state index in [4.69, 9.17) is 11.6 Å². The number of imidazole rings is 1. The van der Waals surface area contributed by atoms with E-state index in [2.05, 4.69) is 10.3 Å². The van der Waals surface area contributed by atoms with E-state index in [0.29, 0.717) is 0 Å². The fourth-order valence-electron chi connectivity index (χ4n) is 1.33. The van der Waals surface area contributed by atoms with Crippen LogP contribution in [0.4, 0.5) is 5.95 Å². The van der Waals surface area contributed by atoms with E-state index < -0.39 is 0 Å². The summed E-state index contributed by atoms with van der Waals surface area (Å²) in [5, 5.41) is 3.96. The van der Waals surface area contributed by atoms with E-state index in [1.165, 1.54) is 0 Å². The molecule has 0 unspecified atom stereocenters. The van der Waals surface area contributed by atoms with Gasteiger partial charge in [-0.15, -0.1) is 0 Å². The first-order valence-corrected chi connectivity index (χ1v) is 4.13. The molecule has 0 saturated carbocycles. The smallest absolute Gasteiger partial charge is 0.204 e.